The Bertz CT molecular complexity index is 1120. The molecule has 7 atom stereocenters. The number of aliphatic hydroxyl groups is 2. The Labute approximate surface area is 225 Å². The van der Waals surface area contributed by atoms with E-state index in [9.17, 15) is 29.9 Å². The van der Waals surface area contributed by atoms with Crippen LogP contribution in [0.25, 0.3) is 0 Å². The van der Waals surface area contributed by atoms with E-state index in [2.05, 4.69) is 10.2 Å². The number of ether oxygens (including phenoxy) is 1. The van der Waals surface area contributed by atoms with Crippen LogP contribution in [0.4, 0.5) is 5.69 Å². The lowest BCUT2D eigenvalue weighted by molar-refractivity contribution is -0.384. The molecule has 6 unspecified atom stereocenters. The molecule has 11 nitrogen and oxygen atoms in total. The Balaban J connectivity index is 1.36. The summed E-state index contributed by atoms with van der Waals surface area (Å²) < 4.78 is 5.60. The Morgan fingerprint density at radius 2 is 2.08 bits per heavy atom. The predicted octanol–water partition coefficient (Wildman–Crippen LogP) is 1.44. The minimum Gasteiger partial charge on any atom is -0.456 e. The van der Waals surface area contributed by atoms with Crippen LogP contribution in [0.5, 0.6) is 0 Å². The average molecular weight is 547 g/mol. The first-order valence-electron chi connectivity index (χ1n) is 13.1. The summed E-state index contributed by atoms with van der Waals surface area (Å²) in [6.45, 7) is 6.06. The van der Waals surface area contributed by atoms with Gasteiger partial charge in [0, 0.05) is 40.8 Å². The van der Waals surface area contributed by atoms with Crippen LogP contribution in [0.3, 0.4) is 0 Å². The number of nitrogens with one attached hydrogen (secondary N) is 1. The standard InChI is InChI=1S/C26H34N4O7S/c1-14-22-21(15(2)32)25(33)29(22)23(26(34)37-12-16-3-5-18(6-4-16)30(35)36)24(14)38-19-9-20(28(11-19)13-31)17-7-8-27-10-17/h3-6,14-15,17,19-22,27,31-32H,7-13H2,1-2H3/t14?,15?,17?,19?,20?,21?,22-/m1/s1. The second-order valence-electron chi connectivity index (χ2n) is 10.7. The van der Waals surface area contributed by atoms with Crippen molar-refractivity contribution in [2.75, 3.05) is 26.4 Å². The highest BCUT2D eigenvalue weighted by Gasteiger charge is 2.60. The van der Waals surface area contributed by atoms with Crippen molar-refractivity contribution in [2.24, 2.45) is 17.8 Å². The van der Waals surface area contributed by atoms with E-state index < -0.39 is 22.9 Å². The topological polar surface area (TPSA) is 145 Å². The van der Waals surface area contributed by atoms with E-state index >= 15 is 0 Å². The molecule has 3 fully saturated rings. The van der Waals surface area contributed by atoms with E-state index in [0.717, 1.165) is 30.8 Å². The van der Waals surface area contributed by atoms with Gasteiger partial charge in [0.25, 0.3) is 5.69 Å². The molecule has 0 aromatic heterocycles. The summed E-state index contributed by atoms with van der Waals surface area (Å²) in [6.07, 6.45) is 1.11. The van der Waals surface area contributed by atoms with E-state index in [0.29, 0.717) is 18.0 Å². The number of hydrogen-bond acceptors (Lipinski definition) is 10. The zero-order valence-corrected chi connectivity index (χ0v) is 22.3. The van der Waals surface area contributed by atoms with Gasteiger partial charge in [-0.05, 0) is 56.5 Å². The van der Waals surface area contributed by atoms with Gasteiger partial charge in [-0.25, -0.2) is 4.79 Å². The van der Waals surface area contributed by atoms with Crippen molar-refractivity contribution < 1.29 is 29.5 Å². The van der Waals surface area contributed by atoms with Crippen LogP contribution in [0.15, 0.2) is 34.9 Å². The van der Waals surface area contributed by atoms with Gasteiger partial charge in [0.15, 0.2) is 0 Å². The molecule has 206 valence electrons. The molecule has 0 saturated carbocycles. The molecule has 1 aromatic carbocycles. The number of benzene rings is 1. The number of hydrogen-bond donors (Lipinski definition) is 3. The monoisotopic (exact) mass is 546 g/mol. The van der Waals surface area contributed by atoms with Gasteiger partial charge in [-0.2, -0.15) is 0 Å². The first-order chi connectivity index (χ1) is 18.2. The van der Waals surface area contributed by atoms with Gasteiger partial charge >= 0.3 is 5.97 Å². The molecule has 4 aliphatic heterocycles. The van der Waals surface area contributed by atoms with Crippen molar-refractivity contribution in [3.63, 3.8) is 0 Å². The predicted molar refractivity (Wildman–Crippen MR) is 139 cm³/mol. The van der Waals surface area contributed by atoms with Crippen LogP contribution >= 0.6 is 11.8 Å². The SMILES string of the molecule is CC(O)C1C(=O)N2C(C(=O)OCc3ccc([N+](=O)[O-])cc3)=C(SC3CC(C4CCNC4)N(CO)C3)C(C)[C@H]12. The number of carbonyl (C=O) groups excluding carboxylic acids is 2. The van der Waals surface area contributed by atoms with E-state index in [4.69, 9.17) is 4.74 Å². The third-order valence-electron chi connectivity index (χ3n) is 8.35. The van der Waals surface area contributed by atoms with E-state index in [1.54, 1.807) is 18.7 Å². The minimum absolute atomic E-state index is 0.0195. The number of rotatable bonds is 9. The molecular weight excluding hydrogens is 512 g/mol. The highest BCUT2D eigenvalue weighted by atomic mass is 32.2. The smallest absolute Gasteiger partial charge is 0.356 e. The van der Waals surface area contributed by atoms with Gasteiger partial charge in [0.05, 0.1) is 29.7 Å². The van der Waals surface area contributed by atoms with Gasteiger partial charge in [-0.1, -0.05) is 6.92 Å². The highest BCUT2D eigenvalue weighted by molar-refractivity contribution is 8.03. The fourth-order valence-electron chi connectivity index (χ4n) is 6.41. The quantitative estimate of drug-likeness (QED) is 0.180. The molecule has 0 radical (unpaired) electrons. The lowest BCUT2D eigenvalue weighted by atomic mass is 9.79. The Morgan fingerprint density at radius 3 is 2.68 bits per heavy atom. The van der Waals surface area contributed by atoms with Crippen molar-refractivity contribution in [1.29, 1.82) is 0 Å². The molecule has 0 spiro atoms. The Kier molecular flexibility index (Phi) is 7.79. The summed E-state index contributed by atoms with van der Waals surface area (Å²) >= 11 is 1.59. The largest absolute Gasteiger partial charge is 0.456 e. The summed E-state index contributed by atoms with van der Waals surface area (Å²) in [4.78, 5) is 41.2. The Hall–Kier alpha value is -2.51. The zero-order valence-electron chi connectivity index (χ0n) is 21.5. The van der Waals surface area contributed by atoms with Gasteiger partial charge < -0.3 is 25.2 Å². The second-order valence-corrected chi connectivity index (χ2v) is 12.0. The van der Waals surface area contributed by atoms with Crippen molar-refractivity contribution in [3.8, 4) is 0 Å². The maximum atomic E-state index is 13.4. The summed E-state index contributed by atoms with van der Waals surface area (Å²) in [5, 5.41) is 34.7. The zero-order chi connectivity index (χ0) is 27.1. The number of thioether (sulfide) groups is 1. The maximum absolute atomic E-state index is 13.4. The number of likely N-dealkylation sites (tertiary alicyclic amines) is 1. The molecule has 3 saturated heterocycles. The number of nitro groups is 1. The molecule has 4 aliphatic rings. The lowest BCUT2D eigenvalue weighted by Gasteiger charge is -2.46. The summed E-state index contributed by atoms with van der Waals surface area (Å²) in [6, 6.07) is 5.73. The van der Waals surface area contributed by atoms with Gasteiger partial charge in [0.2, 0.25) is 5.91 Å². The normalized spacial score (nSPS) is 31.9. The molecule has 0 aliphatic carbocycles. The number of non-ortho nitro benzene ring substituents is 1. The van der Waals surface area contributed by atoms with Crippen molar-refractivity contribution in [3.05, 3.63) is 50.5 Å². The van der Waals surface area contributed by atoms with Crippen LogP contribution < -0.4 is 5.32 Å². The number of carbonyl (C=O) groups is 2. The number of β-lactam (4-membered cyclic amide) rings is 1. The summed E-state index contributed by atoms with van der Waals surface area (Å²) in [5.74, 6) is -1.15. The lowest BCUT2D eigenvalue weighted by Crippen LogP contribution is -2.63. The maximum Gasteiger partial charge on any atom is 0.356 e. The first kappa shape index (κ1) is 27.1. The minimum atomic E-state index is -0.830. The van der Waals surface area contributed by atoms with Crippen LogP contribution in [0.1, 0.15) is 32.3 Å². The number of nitro benzene ring substituents is 1. The van der Waals surface area contributed by atoms with Gasteiger partial charge in [-0.3, -0.25) is 19.8 Å². The number of esters is 1. The number of aliphatic hydroxyl groups excluding tert-OH is 2. The van der Waals surface area contributed by atoms with Crippen LogP contribution in [-0.2, 0) is 20.9 Å². The molecule has 3 N–H and O–H groups in total. The van der Waals surface area contributed by atoms with Crippen molar-refractivity contribution in [2.45, 2.75) is 56.7 Å². The third kappa shape index (κ3) is 4.84. The number of amides is 1. The third-order valence-corrected chi connectivity index (χ3v) is 9.84. The van der Waals surface area contributed by atoms with Crippen molar-refractivity contribution >= 4 is 29.3 Å². The number of fused-ring (bicyclic) bond motifs is 1. The highest BCUT2D eigenvalue weighted by Crippen LogP contribution is 2.52. The molecule has 12 heteroatoms. The second kappa shape index (κ2) is 10.9. The number of nitrogens with zero attached hydrogens (tertiary/aromatic N) is 3. The molecular formula is C26H34N4O7S. The van der Waals surface area contributed by atoms with E-state index in [-0.39, 0.29) is 53.9 Å². The van der Waals surface area contributed by atoms with Gasteiger partial charge in [-0.15, -0.1) is 11.8 Å². The van der Waals surface area contributed by atoms with Gasteiger partial charge in [0.1, 0.15) is 12.3 Å². The average Bonchev–Trinajstić information content (AvgIpc) is 3.61. The fraction of sp³-hybridized carbons (Fsp3) is 0.615. The summed E-state index contributed by atoms with van der Waals surface area (Å²) in [5.41, 5.74) is 0.780. The van der Waals surface area contributed by atoms with E-state index in [1.807, 2.05) is 6.92 Å². The van der Waals surface area contributed by atoms with Crippen LogP contribution in [-0.4, -0.2) is 86.6 Å². The molecule has 38 heavy (non-hydrogen) atoms. The summed E-state index contributed by atoms with van der Waals surface area (Å²) in [7, 11) is 0. The van der Waals surface area contributed by atoms with E-state index in [1.165, 1.54) is 29.2 Å². The molecule has 1 aromatic rings. The van der Waals surface area contributed by atoms with Crippen LogP contribution in [0.2, 0.25) is 0 Å². The fourth-order valence-corrected chi connectivity index (χ4v) is 7.98. The molecule has 4 heterocycles. The molecule has 0 bridgehead atoms. The Morgan fingerprint density at radius 1 is 1.34 bits per heavy atom. The van der Waals surface area contributed by atoms with Crippen LogP contribution in [0, 0.1) is 27.9 Å². The first-order valence-corrected chi connectivity index (χ1v) is 14.0. The molecule has 1 amide bonds. The molecule has 5 rings (SSSR count). The van der Waals surface area contributed by atoms with Crippen molar-refractivity contribution in [1.82, 2.24) is 15.1 Å².